The maximum atomic E-state index is 13.1. The summed E-state index contributed by atoms with van der Waals surface area (Å²) in [5.41, 5.74) is 1.82. The number of para-hydroxylation sites is 1. The summed E-state index contributed by atoms with van der Waals surface area (Å²) in [6, 6.07) is 14.2. The lowest BCUT2D eigenvalue weighted by Crippen LogP contribution is -2.52. The van der Waals surface area contributed by atoms with E-state index in [1.807, 2.05) is 39.8 Å². The molecule has 1 unspecified atom stereocenters. The Bertz CT molecular complexity index is 929. The van der Waals surface area contributed by atoms with Crippen molar-refractivity contribution in [3.8, 4) is 0 Å². The number of fused-ring (bicyclic) bond motifs is 1. The molecule has 2 aromatic carbocycles. The Morgan fingerprint density at radius 3 is 2.42 bits per heavy atom. The van der Waals surface area contributed by atoms with Crippen molar-refractivity contribution in [2.45, 2.75) is 29.9 Å². The predicted molar refractivity (Wildman–Crippen MR) is 122 cm³/mol. The number of thioether (sulfide) groups is 1. The van der Waals surface area contributed by atoms with E-state index in [1.54, 1.807) is 12.1 Å². The molecule has 2 heterocycles. The molecule has 2 aliphatic rings. The van der Waals surface area contributed by atoms with Gasteiger partial charge in [0.1, 0.15) is 5.82 Å². The van der Waals surface area contributed by atoms with Gasteiger partial charge in [0.2, 0.25) is 11.8 Å². The number of halogens is 1. The highest BCUT2D eigenvalue weighted by Gasteiger charge is 2.27. The average Bonchev–Trinajstić information content (AvgIpc) is 2.94. The van der Waals surface area contributed by atoms with Gasteiger partial charge in [-0.1, -0.05) is 31.2 Å². The van der Waals surface area contributed by atoms with E-state index < -0.39 is 0 Å². The van der Waals surface area contributed by atoms with Gasteiger partial charge in [0.25, 0.3) is 0 Å². The van der Waals surface area contributed by atoms with E-state index in [-0.39, 0.29) is 24.1 Å². The topological polar surface area (TPSA) is 43.9 Å². The van der Waals surface area contributed by atoms with Crippen molar-refractivity contribution in [1.82, 2.24) is 9.80 Å². The summed E-state index contributed by atoms with van der Waals surface area (Å²) in [5.74, 6) is -0.132. The van der Waals surface area contributed by atoms with Gasteiger partial charge >= 0.3 is 0 Å². The van der Waals surface area contributed by atoms with Crippen molar-refractivity contribution < 1.29 is 14.0 Å². The van der Waals surface area contributed by atoms with E-state index in [9.17, 15) is 14.0 Å². The standard InChI is InChI=1S/C24H28FN3O2S/c1-18-10-11-28(21-4-2-3-5-22(21)31-18)24(30)17-26-12-14-27(15-13-26)23(29)16-19-6-8-20(25)9-7-19/h2-9,18H,10-17H2,1H3. The minimum Gasteiger partial charge on any atom is -0.340 e. The zero-order valence-electron chi connectivity index (χ0n) is 17.8. The molecule has 0 N–H and O–H groups in total. The molecular formula is C24H28FN3O2S. The van der Waals surface area contributed by atoms with Gasteiger partial charge in [0.15, 0.2) is 0 Å². The van der Waals surface area contributed by atoms with Crippen LogP contribution in [0.3, 0.4) is 0 Å². The number of carbonyl (C=O) groups excluding carboxylic acids is 2. The van der Waals surface area contributed by atoms with Gasteiger partial charge in [-0.3, -0.25) is 14.5 Å². The lowest BCUT2D eigenvalue weighted by Gasteiger charge is -2.35. The number of benzene rings is 2. The van der Waals surface area contributed by atoms with E-state index in [0.29, 0.717) is 38.0 Å². The van der Waals surface area contributed by atoms with Gasteiger partial charge in [-0.2, -0.15) is 0 Å². The van der Waals surface area contributed by atoms with E-state index in [0.717, 1.165) is 29.1 Å². The zero-order chi connectivity index (χ0) is 21.8. The van der Waals surface area contributed by atoms with Crippen LogP contribution < -0.4 is 4.90 Å². The molecule has 5 nitrogen and oxygen atoms in total. The smallest absolute Gasteiger partial charge is 0.241 e. The maximum Gasteiger partial charge on any atom is 0.241 e. The molecule has 0 aliphatic carbocycles. The first kappa shape index (κ1) is 21.8. The SMILES string of the molecule is CC1CCN(C(=O)CN2CCN(C(=O)Cc3ccc(F)cc3)CC2)c2ccccc2S1. The second-order valence-corrected chi connectivity index (χ2v) is 9.67. The minimum absolute atomic E-state index is 0.0463. The van der Waals surface area contributed by atoms with Gasteiger partial charge in [0, 0.05) is 42.9 Å². The average molecular weight is 442 g/mol. The molecule has 4 rings (SSSR count). The van der Waals surface area contributed by atoms with Crippen LogP contribution in [0.1, 0.15) is 18.9 Å². The molecule has 1 fully saturated rings. The first-order valence-electron chi connectivity index (χ1n) is 10.8. The Balaban J connectivity index is 1.31. The molecule has 2 aliphatic heterocycles. The number of piperazine rings is 1. The summed E-state index contributed by atoms with van der Waals surface area (Å²) < 4.78 is 13.1. The maximum absolute atomic E-state index is 13.1. The van der Waals surface area contributed by atoms with Gasteiger partial charge in [-0.25, -0.2) is 4.39 Å². The third-order valence-electron chi connectivity index (χ3n) is 5.90. The van der Waals surface area contributed by atoms with Crippen molar-refractivity contribution in [3.63, 3.8) is 0 Å². The van der Waals surface area contributed by atoms with Crippen molar-refractivity contribution in [1.29, 1.82) is 0 Å². The Morgan fingerprint density at radius 2 is 1.68 bits per heavy atom. The number of rotatable bonds is 4. The number of nitrogens with zero attached hydrogens (tertiary/aromatic N) is 3. The van der Waals surface area contributed by atoms with Crippen LogP contribution >= 0.6 is 11.8 Å². The molecule has 0 saturated carbocycles. The molecule has 7 heteroatoms. The van der Waals surface area contributed by atoms with E-state index in [4.69, 9.17) is 0 Å². The molecule has 2 aromatic rings. The summed E-state index contributed by atoms with van der Waals surface area (Å²) in [5, 5.41) is 0.481. The van der Waals surface area contributed by atoms with Crippen LogP contribution in [0.15, 0.2) is 53.4 Å². The Hall–Kier alpha value is -2.38. The van der Waals surface area contributed by atoms with E-state index in [1.165, 1.54) is 12.1 Å². The fourth-order valence-electron chi connectivity index (χ4n) is 4.07. The Labute approximate surface area is 187 Å². The largest absolute Gasteiger partial charge is 0.340 e. The lowest BCUT2D eigenvalue weighted by atomic mass is 10.1. The highest BCUT2D eigenvalue weighted by molar-refractivity contribution is 8.00. The molecule has 164 valence electrons. The van der Waals surface area contributed by atoms with Gasteiger partial charge in [-0.15, -0.1) is 11.8 Å². The van der Waals surface area contributed by atoms with Gasteiger partial charge in [0.05, 0.1) is 18.7 Å². The molecule has 0 spiro atoms. The van der Waals surface area contributed by atoms with Crippen molar-refractivity contribution in [3.05, 3.63) is 59.9 Å². The molecule has 31 heavy (non-hydrogen) atoms. The fourth-order valence-corrected chi connectivity index (χ4v) is 5.18. The number of hydrogen-bond acceptors (Lipinski definition) is 4. The van der Waals surface area contributed by atoms with Gasteiger partial charge < -0.3 is 9.80 Å². The molecular weight excluding hydrogens is 413 g/mol. The highest BCUT2D eigenvalue weighted by Crippen LogP contribution is 2.37. The van der Waals surface area contributed by atoms with Crippen LogP contribution in [0.25, 0.3) is 0 Å². The number of carbonyl (C=O) groups is 2. The lowest BCUT2D eigenvalue weighted by molar-refractivity contribution is -0.132. The number of hydrogen-bond donors (Lipinski definition) is 0. The Kier molecular flexibility index (Phi) is 6.92. The van der Waals surface area contributed by atoms with Crippen LogP contribution in [-0.4, -0.2) is 66.1 Å². The molecule has 0 radical (unpaired) electrons. The predicted octanol–water partition coefficient (Wildman–Crippen LogP) is 3.43. The van der Waals surface area contributed by atoms with Gasteiger partial charge in [-0.05, 0) is 36.2 Å². The fraction of sp³-hybridized carbons (Fsp3) is 0.417. The summed E-state index contributed by atoms with van der Waals surface area (Å²) in [7, 11) is 0. The minimum atomic E-state index is -0.297. The summed E-state index contributed by atoms with van der Waals surface area (Å²) in [4.78, 5) is 32.8. The van der Waals surface area contributed by atoms with E-state index in [2.05, 4.69) is 17.9 Å². The van der Waals surface area contributed by atoms with Crippen LogP contribution in [0.5, 0.6) is 0 Å². The summed E-state index contributed by atoms with van der Waals surface area (Å²) in [6.07, 6.45) is 1.25. The first-order valence-corrected chi connectivity index (χ1v) is 11.7. The quantitative estimate of drug-likeness (QED) is 0.729. The summed E-state index contributed by atoms with van der Waals surface area (Å²) >= 11 is 1.83. The normalized spacial score (nSPS) is 19.6. The second-order valence-electron chi connectivity index (χ2n) is 8.19. The number of amides is 2. The zero-order valence-corrected chi connectivity index (χ0v) is 18.6. The van der Waals surface area contributed by atoms with Crippen LogP contribution in [-0.2, 0) is 16.0 Å². The third kappa shape index (κ3) is 5.46. The van der Waals surface area contributed by atoms with Crippen LogP contribution in [0, 0.1) is 5.82 Å². The monoisotopic (exact) mass is 441 g/mol. The van der Waals surface area contributed by atoms with Crippen LogP contribution in [0.4, 0.5) is 10.1 Å². The van der Waals surface area contributed by atoms with E-state index >= 15 is 0 Å². The molecule has 2 amide bonds. The van der Waals surface area contributed by atoms with Crippen LogP contribution in [0.2, 0.25) is 0 Å². The summed E-state index contributed by atoms with van der Waals surface area (Å²) in [6.45, 7) is 5.89. The highest BCUT2D eigenvalue weighted by atomic mass is 32.2. The molecule has 0 bridgehead atoms. The molecule has 1 atom stereocenters. The van der Waals surface area contributed by atoms with Crippen molar-refractivity contribution in [2.75, 3.05) is 44.2 Å². The van der Waals surface area contributed by atoms with Crippen molar-refractivity contribution in [2.24, 2.45) is 0 Å². The molecule has 0 aromatic heterocycles. The first-order chi connectivity index (χ1) is 15.0. The second kappa shape index (κ2) is 9.83. The molecule has 1 saturated heterocycles. The third-order valence-corrected chi connectivity index (χ3v) is 7.13. The Morgan fingerprint density at radius 1 is 0.968 bits per heavy atom. The number of anilines is 1. The van der Waals surface area contributed by atoms with Crippen molar-refractivity contribution >= 4 is 29.3 Å².